The van der Waals surface area contributed by atoms with E-state index in [-0.39, 0.29) is 0 Å². The summed E-state index contributed by atoms with van der Waals surface area (Å²) in [6.07, 6.45) is 1.19. The molecule has 0 spiro atoms. The van der Waals surface area contributed by atoms with Crippen LogP contribution in [0.4, 0.5) is 0 Å². The summed E-state index contributed by atoms with van der Waals surface area (Å²) in [5, 5.41) is 3.33. The smallest absolute Gasteiger partial charge is 0.0672 e. The summed E-state index contributed by atoms with van der Waals surface area (Å²) in [7, 11) is 4.19. The molecular formula is C11H24N2O. The fourth-order valence-corrected chi connectivity index (χ4v) is 1.04. The first-order valence-corrected chi connectivity index (χ1v) is 5.20. The first kappa shape index (κ1) is 13.6. The lowest BCUT2D eigenvalue weighted by Crippen LogP contribution is -2.24. The van der Waals surface area contributed by atoms with Gasteiger partial charge < -0.3 is 15.0 Å². The van der Waals surface area contributed by atoms with Crippen LogP contribution >= 0.6 is 0 Å². The lowest BCUT2D eigenvalue weighted by atomic mass is 10.4. The molecule has 3 nitrogen and oxygen atoms in total. The van der Waals surface area contributed by atoms with E-state index in [2.05, 4.69) is 30.9 Å². The molecule has 0 unspecified atom stereocenters. The van der Waals surface area contributed by atoms with Crippen molar-refractivity contribution in [2.24, 2.45) is 0 Å². The fraction of sp³-hybridized carbons (Fsp3) is 0.818. The minimum atomic E-state index is 0.680. The van der Waals surface area contributed by atoms with Gasteiger partial charge in [0.25, 0.3) is 0 Å². The second-order valence-electron chi connectivity index (χ2n) is 3.92. The highest BCUT2D eigenvalue weighted by atomic mass is 16.5. The third kappa shape index (κ3) is 11.6. The van der Waals surface area contributed by atoms with Crippen molar-refractivity contribution in [2.45, 2.75) is 13.3 Å². The molecule has 0 aromatic carbocycles. The molecule has 0 heterocycles. The van der Waals surface area contributed by atoms with Gasteiger partial charge in [0, 0.05) is 6.54 Å². The molecule has 0 aromatic rings. The molecule has 0 aliphatic heterocycles. The predicted octanol–water partition coefficient (Wildman–Crippen LogP) is 1.12. The zero-order chi connectivity index (χ0) is 10.8. The van der Waals surface area contributed by atoms with E-state index in [1.54, 1.807) is 0 Å². The van der Waals surface area contributed by atoms with E-state index in [9.17, 15) is 0 Å². The Morgan fingerprint density at radius 1 is 1.36 bits per heavy atom. The molecule has 3 heteroatoms. The average molecular weight is 200 g/mol. The Morgan fingerprint density at radius 3 is 2.64 bits per heavy atom. The largest absolute Gasteiger partial charge is 0.376 e. The Morgan fingerprint density at radius 2 is 2.07 bits per heavy atom. The molecular weight excluding hydrogens is 176 g/mol. The van der Waals surface area contributed by atoms with Crippen LogP contribution in [0, 0.1) is 0 Å². The van der Waals surface area contributed by atoms with Crippen LogP contribution in [0.15, 0.2) is 12.2 Å². The van der Waals surface area contributed by atoms with E-state index in [0.717, 1.165) is 31.8 Å². The second kappa shape index (κ2) is 9.19. The fourth-order valence-electron chi connectivity index (χ4n) is 1.04. The quantitative estimate of drug-likeness (QED) is 0.446. The molecule has 0 saturated heterocycles. The molecule has 0 aliphatic rings. The summed E-state index contributed by atoms with van der Waals surface area (Å²) in [6, 6.07) is 0. The van der Waals surface area contributed by atoms with E-state index in [1.165, 1.54) is 6.42 Å². The molecule has 0 bridgehead atoms. The van der Waals surface area contributed by atoms with Crippen LogP contribution < -0.4 is 5.32 Å². The Kier molecular flexibility index (Phi) is 8.94. The molecule has 0 saturated carbocycles. The van der Waals surface area contributed by atoms with Gasteiger partial charge in [0.05, 0.1) is 13.2 Å². The van der Waals surface area contributed by atoms with Crippen molar-refractivity contribution >= 4 is 0 Å². The number of hydrogen-bond acceptors (Lipinski definition) is 3. The lowest BCUT2D eigenvalue weighted by Gasteiger charge is -2.09. The van der Waals surface area contributed by atoms with Crippen molar-refractivity contribution in [1.29, 1.82) is 0 Å². The van der Waals surface area contributed by atoms with Gasteiger partial charge in [-0.25, -0.2) is 0 Å². The summed E-state index contributed by atoms with van der Waals surface area (Å²) < 4.78 is 5.35. The van der Waals surface area contributed by atoms with Crippen LogP contribution in [0.2, 0.25) is 0 Å². The summed E-state index contributed by atoms with van der Waals surface area (Å²) in [4.78, 5) is 2.19. The molecule has 0 fully saturated rings. The predicted molar refractivity (Wildman–Crippen MR) is 61.7 cm³/mol. The maximum Gasteiger partial charge on any atom is 0.0672 e. The number of nitrogens with one attached hydrogen (secondary N) is 1. The van der Waals surface area contributed by atoms with Gasteiger partial charge in [0.1, 0.15) is 0 Å². The van der Waals surface area contributed by atoms with Crippen molar-refractivity contribution in [2.75, 3.05) is 46.9 Å². The number of nitrogens with zero attached hydrogens (tertiary/aromatic N) is 1. The van der Waals surface area contributed by atoms with Crippen molar-refractivity contribution in [3.63, 3.8) is 0 Å². The highest BCUT2D eigenvalue weighted by Crippen LogP contribution is 1.86. The van der Waals surface area contributed by atoms with E-state index in [4.69, 9.17) is 4.74 Å². The standard InChI is InChI=1S/C11H24N2O/c1-11(2)10-14-9-7-12-6-5-8-13(3)4/h12H,1,5-10H2,2-4H3. The number of rotatable bonds is 9. The first-order valence-electron chi connectivity index (χ1n) is 5.20. The van der Waals surface area contributed by atoms with Gasteiger partial charge >= 0.3 is 0 Å². The monoisotopic (exact) mass is 200 g/mol. The highest BCUT2D eigenvalue weighted by molar-refractivity contribution is 4.87. The zero-order valence-corrected chi connectivity index (χ0v) is 9.81. The molecule has 14 heavy (non-hydrogen) atoms. The average Bonchev–Trinajstić information content (AvgIpc) is 2.08. The third-order valence-electron chi connectivity index (χ3n) is 1.73. The topological polar surface area (TPSA) is 24.5 Å². The normalized spacial score (nSPS) is 10.9. The van der Waals surface area contributed by atoms with Gasteiger partial charge in [-0.2, -0.15) is 0 Å². The minimum absolute atomic E-state index is 0.680. The van der Waals surface area contributed by atoms with E-state index < -0.39 is 0 Å². The van der Waals surface area contributed by atoms with Crippen LogP contribution in [0.1, 0.15) is 13.3 Å². The molecule has 0 atom stereocenters. The van der Waals surface area contributed by atoms with Gasteiger partial charge in [-0.15, -0.1) is 0 Å². The van der Waals surface area contributed by atoms with Gasteiger partial charge in [0.2, 0.25) is 0 Å². The minimum Gasteiger partial charge on any atom is -0.376 e. The zero-order valence-electron chi connectivity index (χ0n) is 9.81. The molecule has 0 rings (SSSR count). The summed E-state index contributed by atoms with van der Waals surface area (Å²) in [6.45, 7) is 10.3. The van der Waals surface area contributed by atoms with E-state index >= 15 is 0 Å². The van der Waals surface area contributed by atoms with E-state index in [0.29, 0.717) is 6.61 Å². The third-order valence-corrected chi connectivity index (χ3v) is 1.73. The number of ether oxygens (including phenoxy) is 1. The van der Waals surface area contributed by atoms with Crippen molar-refractivity contribution in [3.8, 4) is 0 Å². The molecule has 1 N–H and O–H groups in total. The molecule has 0 aromatic heterocycles. The Labute approximate surface area is 88.1 Å². The summed E-state index contributed by atoms with van der Waals surface area (Å²) in [5.41, 5.74) is 1.08. The van der Waals surface area contributed by atoms with Gasteiger partial charge in [-0.05, 0) is 40.5 Å². The summed E-state index contributed by atoms with van der Waals surface area (Å²) in [5.74, 6) is 0. The van der Waals surface area contributed by atoms with Crippen LogP contribution in [0.3, 0.4) is 0 Å². The lowest BCUT2D eigenvalue weighted by molar-refractivity contribution is 0.158. The Bertz CT molecular complexity index is 146. The SMILES string of the molecule is C=C(C)COCCNCCCN(C)C. The Balaban J connectivity index is 2.96. The Hall–Kier alpha value is -0.380. The number of hydrogen-bond donors (Lipinski definition) is 1. The highest BCUT2D eigenvalue weighted by Gasteiger charge is 1.91. The van der Waals surface area contributed by atoms with Crippen LogP contribution in [0.25, 0.3) is 0 Å². The van der Waals surface area contributed by atoms with Crippen LogP contribution in [0.5, 0.6) is 0 Å². The summed E-state index contributed by atoms with van der Waals surface area (Å²) >= 11 is 0. The van der Waals surface area contributed by atoms with Crippen molar-refractivity contribution in [3.05, 3.63) is 12.2 Å². The van der Waals surface area contributed by atoms with Crippen LogP contribution in [-0.4, -0.2) is 51.8 Å². The van der Waals surface area contributed by atoms with E-state index in [1.807, 2.05) is 6.92 Å². The van der Waals surface area contributed by atoms with Crippen molar-refractivity contribution in [1.82, 2.24) is 10.2 Å². The van der Waals surface area contributed by atoms with Gasteiger partial charge in [-0.1, -0.05) is 12.2 Å². The maximum absolute atomic E-state index is 5.35. The van der Waals surface area contributed by atoms with Gasteiger partial charge in [-0.3, -0.25) is 0 Å². The van der Waals surface area contributed by atoms with Crippen LogP contribution in [-0.2, 0) is 4.74 Å². The van der Waals surface area contributed by atoms with Crippen molar-refractivity contribution < 1.29 is 4.74 Å². The molecule has 0 radical (unpaired) electrons. The second-order valence-corrected chi connectivity index (χ2v) is 3.92. The molecule has 0 aliphatic carbocycles. The van der Waals surface area contributed by atoms with Gasteiger partial charge in [0.15, 0.2) is 0 Å². The maximum atomic E-state index is 5.35. The first-order chi connectivity index (χ1) is 6.63. The molecule has 84 valence electrons. The molecule has 0 amide bonds.